The van der Waals surface area contributed by atoms with E-state index in [0.717, 1.165) is 0 Å². The van der Waals surface area contributed by atoms with Gasteiger partial charge in [-0.25, -0.2) is 0 Å². The number of hydrogen-bond donors (Lipinski definition) is 0. The summed E-state index contributed by atoms with van der Waals surface area (Å²) in [6, 6.07) is 0. The Labute approximate surface area is 150 Å². The van der Waals surface area contributed by atoms with E-state index >= 15 is 0 Å². The SMILES string of the molecule is CCSCCSCCN(CCSCCSCC)C(C)(C)C. The van der Waals surface area contributed by atoms with Crippen LogP contribution in [0, 0.1) is 0 Å². The Morgan fingerprint density at radius 3 is 1.33 bits per heavy atom. The van der Waals surface area contributed by atoms with Crippen molar-refractivity contribution in [1.82, 2.24) is 4.90 Å². The van der Waals surface area contributed by atoms with Crippen LogP contribution in [0.15, 0.2) is 0 Å². The minimum atomic E-state index is 0.303. The highest BCUT2D eigenvalue weighted by molar-refractivity contribution is 8.03. The van der Waals surface area contributed by atoms with Crippen LogP contribution in [0.3, 0.4) is 0 Å². The molecule has 0 atom stereocenters. The van der Waals surface area contributed by atoms with E-state index in [-0.39, 0.29) is 0 Å². The van der Waals surface area contributed by atoms with Crippen LogP contribution in [0.2, 0.25) is 0 Å². The van der Waals surface area contributed by atoms with Gasteiger partial charge in [0.05, 0.1) is 0 Å². The second-order valence-corrected chi connectivity index (χ2v) is 11.0. The van der Waals surface area contributed by atoms with Gasteiger partial charge < -0.3 is 0 Å². The molecule has 21 heavy (non-hydrogen) atoms. The summed E-state index contributed by atoms with van der Waals surface area (Å²) in [5.74, 6) is 10.3. The molecule has 0 heterocycles. The summed E-state index contributed by atoms with van der Waals surface area (Å²) in [7, 11) is 0. The number of nitrogens with zero attached hydrogens (tertiary/aromatic N) is 1. The van der Waals surface area contributed by atoms with Crippen LogP contribution in [0.25, 0.3) is 0 Å². The van der Waals surface area contributed by atoms with Crippen LogP contribution in [0.1, 0.15) is 34.6 Å². The van der Waals surface area contributed by atoms with Crippen LogP contribution >= 0.6 is 47.0 Å². The predicted molar refractivity (Wildman–Crippen MR) is 112 cm³/mol. The fraction of sp³-hybridized carbons (Fsp3) is 1.00. The van der Waals surface area contributed by atoms with Gasteiger partial charge in [0.25, 0.3) is 0 Å². The zero-order chi connectivity index (χ0) is 16.0. The highest BCUT2D eigenvalue weighted by Gasteiger charge is 2.20. The van der Waals surface area contributed by atoms with Crippen molar-refractivity contribution in [2.45, 2.75) is 40.2 Å². The Hall–Kier alpha value is 1.36. The van der Waals surface area contributed by atoms with E-state index in [1.807, 2.05) is 0 Å². The first kappa shape index (κ1) is 22.4. The number of rotatable bonds is 14. The molecule has 128 valence electrons. The third kappa shape index (κ3) is 14.7. The van der Waals surface area contributed by atoms with Crippen molar-refractivity contribution < 1.29 is 0 Å². The van der Waals surface area contributed by atoms with Gasteiger partial charge in [0, 0.05) is 53.1 Å². The summed E-state index contributed by atoms with van der Waals surface area (Å²) < 4.78 is 0. The van der Waals surface area contributed by atoms with Crippen molar-refractivity contribution in [2.24, 2.45) is 0 Å². The minimum absolute atomic E-state index is 0.303. The average molecular weight is 370 g/mol. The molecule has 0 aromatic rings. The molecule has 0 aliphatic carbocycles. The molecule has 0 bridgehead atoms. The van der Waals surface area contributed by atoms with Gasteiger partial charge >= 0.3 is 0 Å². The average Bonchev–Trinajstić information content (AvgIpc) is 2.42. The first-order valence-electron chi connectivity index (χ1n) is 8.08. The molecule has 0 radical (unpaired) electrons. The standard InChI is InChI=1S/C16H35NS4/c1-6-18-12-14-20-10-8-17(16(3,4)5)9-11-21-15-13-19-7-2/h6-15H2,1-5H3. The highest BCUT2D eigenvalue weighted by Crippen LogP contribution is 2.16. The van der Waals surface area contributed by atoms with Gasteiger partial charge in [-0.15, -0.1) is 0 Å². The third-order valence-corrected chi connectivity index (χ3v) is 7.36. The number of thioether (sulfide) groups is 4. The Balaban J connectivity index is 3.74. The molecule has 5 heteroatoms. The lowest BCUT2D eigenvalue weighted by atomic mass is 10.1. The Morgan fingerprint density at radius 2 is 1.00 bits per heavy atom. The van der Waals surface area contributed by atoms with E-state index in [1.165, 1.54) is 59.1 Å². The molecule has 0 aromatic heterocycles. The summed E-state index contributed by atoms with van der Waals surface area (Å²) >= 11 is 8.34. The van der Waals surface area contributed by atoms with Crippen LogP contribution in [-0.2, 0) is 0 Å². The normalized spacial score (nSPS) is 12.3. The minimum Gasteiger partial charge on any atom is -0.297 e. The van der Waals surface area contributed by atoms with Gasteiger partial charge in [-0.3, -0.25) is 4.90 Å². The Bertz CT molecular complexity index is 203. The highest BCUT2D eigenvalue weighted by atomic mass is 32.2. The van der Waals surface area contributed by atoms with Gasteiger partial charge in [-0.2, -0.15) is 47.0 Å². The van der Waals surface area contributed by atoms with Gasteiger partial charge in [0.2, 0.25) is 0 Å². The molecule has 0 fully saturated rings. The predicted octanol–water partition coefficient (Wildman–Crippen LogP) is 5.06. The molecular formula is C16H35NS4. The molecule has 0 aliphatic rings. The third-order valence-electron chi connectivity index (χ3n) is 3.11. The topological polar surface area (TPSA) is 3.24 Å². The van der Waals surface area contributed by atoms with Gasteiger partial charge in [0.15, 0.2) is 0 Å². The summed E-state index contributed by atoms with van der Waals surface area (Å²) in [6.45, 7) is 14.0. The van der Waals surface area contributed by atoms with E-state index < -0.39 is 0 Å². The molecular weight excluding hydrogens is 334 g/mol. The lowest BCUT2D eigenvalue weighted by molar-refractivity contribution is 0.157. The zero-order valence-corrected chi connectivity index (χ0v) is 17.9. The first-order valence-corrected chi connectivity index (χ1v) is 12.7. The smallest absolute Gasteiger partial charge is 0.0125 e. The van der Waals surface area contributed by atoms with Gasteiger partial charge in [0.1, 0.15) is 0 Å². The van der Waals surface area contributed by atoms with Crippen LogP contribution < -0.4 is 0 Å². The largest absolute Gasteiger partial charge is 0.297 e. The lowest BCUT2D eigenvalue weighted by Gasteiger charge is -2.35. The van der Waals surface area contributed by atoms with E-state index in [1.54, 1.807) is 0 Å². The fourth-order valence-corrected chi connectivity index (χ4v) is 5.43. The summed E-state index contributed by atoms with van der Waals surface area (Å²) in [5.41, 5.74) is 0.303. The van der Waals surface area contributed by atoms with Crippen LogP contribution in [0.4, 0.5) is 0 Å². The molecule has 0 saturated heterocycles. The zero-order valence-electron chi connectivity index (χ0n) is 14.7. The molecule has 0 amide bonds. The van der Waals surface area contributed by atoms with Crippen molar-refractivity contribution in [3.05, 3.63) is 0 Å². The molecule has 0 unspecified atom stereocenters. The van der Waals surface area contributed by atoms with E-state index in [9.17, 15) is 0 Å². The van der Waals surface area contributed by atoms with Crippen molar-refractivity contribution in [2.75, 3.05) is 59.1 Å². The van der Waals surface area contributed by atoms with E-state index in [2.05, 4.69) is 86.6 Å². The van der Waals surface area contributed by atoms with Gasteiger partial charge in [-0.05, 0) is 32.3 Å². The quantitative estimate of drug-likeness (QED) is 0.392. The second kappa shape index (κ2) is 14.9. The monoisotopic (exact) mass is 369 g/mol. The van der Waals surface area contributed by atoms with E-state index in [4.69, 9.17) is 0 Å². The molecule has 0 saturated carbocycles. The van der Waals surface area contributed by atoms with Crippen molar-refractivity contribution in [1.29, 1.82) is 0 Å². The molecule has 0 spiro atoms. The van der Waals surface area contributed by atoms with E-state index in [0.29, 0.717) is 5.54 Å². The molecule has 0 rings (SSSR count). The second-order valence-electron chi connectivity index (χ2n) is 5.78. The first-order chi connectivity index (χ1) is 10.0. The van der Waals surface area contributed by atoms with Crippen molar-refractivity contribution in [3.8, 4) is 0 Å². The van der Waals surface area contributed by atoms with Crippen molar-refractivity contribution >= 4 is 47.0 Å². The maximum atomic E-state index is 2.66. The van der Waals surface area contributed by atoms with Gasteiger partial charge in [-0.1, -0.05) is 13.8 Å². The summed E-state index contributed by atoms with van der Waals surface area (Å²) in [6.07, 6.45) is 0. The summed E-state index contributed by atoms with van der Waals surface area (Å²) in [4.78, 5) is 2.66. The Kier molecular flexibility index (Phi) is 15.9. The molecule has 0 N–H and O–H groups in total. The van der Waals surface area contributed by atoms with Crippen LogP contribution in [0.5, 0.6) is 0 Å². The Morgan fingerprint density at radius 1 is 0.619 bits per heavy atom. The maximum absolute atomic E-state index is 2.66. The molecule has 0 aliphatic heterocycles. The fourth-order valence-electron chi connectivity index (χ4n) is 1.86. The maximum Gasteiger partial charge on any atom is 0.0125 e. The molecule has 0 aromatic carbocycles. The summed E-state index contributed by atoms with van der Waals surface area (Å²) in [5, 5.41) is 0. The molecule has 1 nitrogen and oxygen atoms in total. The van der Waals surface area contributed by atoms with Crippen molar-refractivity contribution in [3.63, 3.8) is 0 Å². The lowest BCUT2D eigenvalue weighted by Crippen LogP contribution is -2.44. The number of hydrogen-bond acceptors (Lipinski definition) is 5. The van der Waals surface area contributed by atoms with Crippen LogP contribution in [-0.4, -0.2) is 69.6 Å².